The number of phenols is 1. The van der Waals surface area contributed by atoms with Gasteiger partial charge in [0.1, 0.15) is 22.8 Å². The Labute approximate surface area is 321 Å². The third kappa shape index (κ3) is 12.5. The van der Waals surface area contributed by atoms with Gasteiger partial charge in [-0.3, -0.25) is 4.99 Å². The summed E-state index contributed by atoms with van der Waals surface area (Å²) in [6, 6.07) is 16.6. The third-order valence-corrected chi connectivity index (χ3v) is 10.3. The molecule has 0 saturated heterocycles. The van der Waals surface area contributed by atoms with Crippen LogP contribution in [0.4, 0.5) is 0 Å². The molecule has 0 heterocycles. The predicted octanol–water partition coefficient (Wildman–Crippen LogP) is 12.9. The van der Waals surface area contributed by atoms with E-state index in [4.69, 9.17) is 26.1 Å². The van der Waals surface area contributed by atoms with Crippen LogP contribution in [0.3, 0.4) is 0 Å². The van der Waals surface area contributed by atoms with Gasteiger partial charge in [-0.15, -0.1) is 0 Å². The highest BCUT2D eigenvalue weighted by molar-refractivity contribution is 6.30. The highest BCUT2D eigenvalue weighted by atomic mass is 35.5. The SMILES string of the molecule is CCCCCCCCOc1ccc(C(C)(C)C)cc1C(O)(c1cc(C(C)(C)C)ccc1OCCCCCCCC)C(C)N=Cc1cc(Cl)ccc1O. The molecule has 0 fully saturated rings. The molecular weight excluding hydrogens is 666 g/mol. The zero-order valence-electron chi connectivity index (χ0n) is 33.8. The number of aliphatic imine (C=N–C) groups is 1. The first kappa shape index (κ1) is 43.4. The molecule has 1 unspecified atom stereocenters. The second kappa shape index (κ2) is 20.4. The first-order valence-electron chi connectivity index (χ1n) is 19.9. The van der Waals surface area contributed by atoms with Crippen molar-refractivity contribution in [3.63, 3.8) is 0 Å². The van der Waals surface area contributed by atoms with Crippen LogP contribution in [-0.4, -0.2) is 35.7 Å². The van der Waals surface area contributed by atoms with Crippen LogP contribution in [0.15, 0.2) is 59.6 Å². The van der Waals surface area contributed by atoms with E-state index in [9.17, 15) is 10.2 Å². The maximum Gasteiger partial charge on any atom is 0.144 e. The van der Waals surface area contributed by atoms with Gasteiger partial charge < -0.3 is 19.7 Å². The Hall–Kier alpha value is -3.02. The molecule has 0 aliphatic rings. The van der Waals surface area contributed by atoms with E-state index in [0.29, 0.717) is 46.4 Å². The van der Waals surface area contributed by atoms with Crippen molar-refractivity contribution in [2.45, 2.75) is 162 Å². The van der Waals surface area contributed by atoms with E-state index in [1.54, 1.807) is 24.4 Å². The van der Waals surface area contributed by atoms with Crippen LogP contribution >= 0.6 is 11.6 Å². The van der Waals surface area contributed by atoms with Crippen molar-refractivity contribution in [2.24, 2.45) is 4.99 Å². The largest absolute Gasteiger partial charge is 0.507 e. The summed E-state index contributed by atoms with van der Waals surface area (Å²) in [7, 11) is 0. The van der Waals surface area contributed by atoms with Gasteiger partial charge in [0.05, 0.1) is 19.3 Å². The molecule has 3 aromatic rings. The van der Waals surface area contributed by atoms with Gasteiger partial charge in [0.25, 0.3) is 0 Å². The maximum absolute atomic E-state index is 13.6. The number of aliphatic hydroxyl groups is 1. The molecule has 2 N–H and O–H groups in total. The monoisotopic (exact) mass is 733 g/mol. The Kier molecular flexibility index (Phi) is 17.1. The summed E-state index contributed by atoms with van der Waals surface area (Å²) in [6.45, 7) is 20.6. The molecule has 6 heteroatoms. The molecule has 0 aromatic heterocycles. The van der Waals surface area contributed by atoms with Crippen molar-refractivity contribution < 1.29 is 19.7 Å². The molecule has 52 heavy (non-hydrogen) atoms. The smallest absolute Gasteiger partial charge is 0.144 e. The number of hydrogen-bond acceptors (Lipinski definition) is 5. The lowest BCUT2D eigenvalue weighted by molar-refractivity contribution is 0.0519. The number of phenolic OH excluding ortho intramolecular Hbond substituents is 1. The number of hydrogen-bond donors (Lipinski definition) is 2. The molecule has 0 amide bonds. The van der Waals surface area contributed by atoms with Crippen molar-refractivity contribution in [3.8, 4) is 17.2 Å². The fourth-order valence-corrected chi connectivity index (χ4v) is 6.67. The third-order valence-electron chi connectivity index (χ3n) is 10.1. The number of halogens is 1. The van der Waals surface area contributed by atoms with E-state index < -0.39 is 11.6 Å². The van der Waals surface area contributed by atoms with Gasteiger partial charge in [0, 0.05) is 27.9 Å². The number of nitrogens with zero attached hydrogens (tertiary/aromatic N) is 1. The molecule has 3 rings (SSSR count). The number of benzene rings is 3. The van der Waals surface area contributed by atoms with E-state index in [2.05, 4.69) is 79.7 Å². The van der Waals surface area contributed by atoms with Crippen molar-refractivity contribution in [1.82, 2.24) is 0 Å². The molecule has 0 spiro atoms. The first-order valence-corrected chi connectivity index (χ1v) is 20.3. The molecule has 5 nitrogen and oxygen atoms in total. The Morgan fingerprint density at radius 3 is 1.54 bits per heavy atom. The molecule has 0 aliphatic heterocycles. The molecule has 288 valence electrons. The lowest BCUT2D eigenvalue weighted by Gasteiger charge is -2.37. The molecule has 3 aromatic carbocycles. The van der Waals surface area contributed by atoms with Gasteiger partial charge in [-0.05, 0) is 84.2 Å². The van der Waals surface area contributed by atoms with Crippen LogP contribution in [-0.2, 0) is 16.4 Å². The predicted molar refractivity (Wildman–Crippen MR) is 221 cm³/mol. The summed E-state index contributed by atoms with van der Waals surface area (Å²) in [5, 5.41) is 24.7. The zero-order valence-corrected chi connectivity index (χ0v) is 34.5. The second-order valence-corrected chi connectivity index (χ2v) is 17.0. The minimum atomic E-state index is -1.67. The molecule has 0 bridgehead atoms. The highest BCUT2D eigenvalue weighted by Gasteiger charge is 2.43. The number of unbranched alkanes of at least 4 members (excludes halogenated alkanes) is 10. The fourth-order valence-electron chi connectivity index (χ4n) is 6.49. The van der Waals surface area contributed by atoms with Crippen molar-refractivity contribution in [1.29, 1.82) is 0 Å². The topological polar surface area (TPSA) is 71.3 Å². The summed E-state index contributed by atoms with van der Waals surface area (Å²) in [5.41, 5.74) is 1.92. The fraction of sp³-hybridized carbons (Fsp3) is 0.587. The molecule has 1 atom stereocenters. The van der Waals surface area contributed by atoms with Gasteiger partial charge in [0.15, 0.2) is 0 Å². The Bertz CT molecular complexity index is 1470. The summed E-state index contributed by atoms with van der Waals surface area (Å²) in [4.78, 5) is 4.96. The van der Waals surface area contributed by atoms with Crippen LogP contribution in [0.5, 0.6) is 17.2 Å². The van der Waals surface area contributed by atoms with Gasteiger partial charge >= 0.3 is 0 Å². The van der Waals surface area contributed by atoms with E-state index in [1.165, 1.54) is 51.4 Å². The number of rotatable bonds is 21. The Morgan fingerprint density at radius 1 is 0.654 bits per heavy atom. The molecular formula is C46H68ClNO4. The summed E-state index contributed by atoms with van der Waals surface area (Å²) in [6.07, 6.45) is 15.5. The lowest BCUT2D eigenvalue weighted by Crippen LogP contribution is -2.39. The average molecular weight is 735 g/mol. The normalized spacial score (nSPS) is 13.1. The van der Waals surface area contributed by atoms with Crippen LogP contribution in [0.2, 0.25) is 5.02 Å². The summed E-state index contributed by atoms with van der Waals surface area (Å²) < 4.78 is 13.2. The Balaban J connectivity index is 2.22. The minimum absolute atomic E-state index is 0.0688. The highest BCUT2D eigenvalue weighted by Crippen LogP contribution is 2.46. The first-order chi connectivity index (χ1) is 24.6. The van der Waals surface area contributed by atoms with Crippen molar-refractivity contribution in [2.75, 3.05) is 13.2 Å². The average Bonchev–Trinajstić information content (AvgIpc) is 3.10. The van der Waals surface area contributed by atoms with Crippen LogP contribution in [0.25, 0.3) is 0 Å². The van der Waals surface area contributed by atoms with Crippen molar-refractivity contribution in [3.05, 3.63) is 87.4 Å². The van der Waals surface area contributed by atoms with E-state index >= 15 is 0 Å². The van der Waals surface area contributed by atoms with Crippen LogP contribution in [0.1, 0.15) is 167 Å². The second-order valence-electron chi connectivity index (χ2n) is 16.6. The maximum atomic E-state index is 13.6. The molecule has 0 saturated carbocycles. The lowest BCUT2D eigenvalue weighted by atomic mass is 9.75. The summed E-state index contributed by atoms with van der Waals surface area (Å²) in [5.74, 6) is 1.35. The van der Waals surface area contributed by atoms with E-state index in [0.717, 1.165) is 36.8 Å². The zero-order chi connectivity index (χ0) is 38.4. The van der Waals surface area contributed by atoms with Crippen LogP contribution < -0.4 is 9.47 Å². The minimum Gasteiger partial charge on any atom is -0.507 e. The van der Waals surface area contributed by atoms with Crippen LogP contribution in [0, 0.1) is 0 Å². The van der Waals surface area contributed by atoms with Crippen molar-refractivity contribution >= 4 is 17.8 Å². The number of aromatic hydroxyl groups is 1. The van der Waals surface area contributed by atoms with Gasteiger partial charge in [0.2, 0.25) is 0 Å². The van der Waals surface area contributed by atoms with Gasteiger partial charge in [-0.1, -0.05) is 143 Å². The van der Waals surface area contributed by atoms with E-state index in [-0.39, 0.29) is 16.6 Å². The molecule has 0 radical (unpaired) electrons. The van der Waals surface area contributed by atoms with Gasteiger partial charge in [-0.25, -0.2) is 0 Å². The van der Waals surface area contributed by atoms with E-state index in [1.807, 2.05) is 19.1 Å². The number of ether oxygens (including phenoxy) is 2. The standard InChI is InChI=1S/C46H68ClNO4/c1-10-12-14-16-18-20-28-51-42-26-22-36(44(4,5)6)31-39(42)46(50,34(3)48-33-35-30-38(47)24-25-41(35)49)40-32-37(45(7,8)9)23-27-43(40)52-29-21-19-17-15-13-11-2/h22-27,30-34,49-50H,10-21,28-29H2,1-9H3. The quantitative estimate of drug-likeness (QED) is 0.0844. The Morgan fingerprint density at radius 2 is 1.10 bits per heavy atom. The van der Waals surface area contributed by atoms with Gasteiger partial charge in [-0.2, -0.15) is 0 Å². The summed E-state index contributed by atoms with van der Waals surface area (Å²) >= 11 is 6.31. The molecule has 0 aliphatic carbocycles.